The minimum atomic E-state index is -1.23. The smallest absolute Gasteiger partial charge is 0.352 e. The molecule has 0 heterocycles. The number of aryl methyl sites for hydroxylation is 1. The standard InChI is InChI=1S/C23H18ClNO4/c1-15-6-5-9-19(24)21(15)29-18-12-10-16(11-13-18)14-20(23(27)28)25-22(26)17-7-3-2-4-8-17/h2-14H,1H3,(H,25,26)(H,27,28)/b20-14+. The van der Waals surface area contributed by atoms with Crippen molar-refractivity contribution in [2.75, 3.05) is 0 Å². The van der Waals surface area contributed by atoms with Crippen molar-refractivity contribution >= 4 is 29.6 Å². The third kappa shape index (κ3) is 5.24. The highest BCUT2D eigenvalue weighted by Gasteiger charge is 2.13. The summed E-state index contributed by atoms with van der Waals surface area (Å²) in [4.78, 5) is 23.8. The Bertz CT molecular complexity index is 1040. The van der Waals surface area contributed by atoms with Gasteiger partial charge in [-0.2, -0.15) is 0 Å². The minimum Gasteiger partial charge on any atom is -0.477 e. The van der Waals surface area contributed by atoms with Crippen molar-refractivity contribution in [3.05, 3.63) is 100 Å². The molecule has 0 aliphatic rings. The molecule has 5 nitrogen and oxygen atoms in total. The van der Waals surface area contributed by atoms with Gasteiger partial charge in [-0.1, -0.05) is 54.1 Å². The van der Waals surface area contributed by atoms with Crippen LogP contribution in [0.3, 0.4) is 0 Å². The van der Waals surface area contributed by atoms with Gasteiger partial charge in [0.15, 0.2) is 0 Å². The van der Waals surface area contributed by atoms with Gasteiger partial charge in [0.25, 0.3) is 5.91 Å². The van der Waals surface area contributed by atoms with Crippen LogP contribution in [0.15, 0.2) is 78.5 Å². The van der Waals surface area contributed by atoms with E-state index in [1.54, 1.807) is 60.7 Å². The number of carbonyl (C=O) groups is 2. The molecule has 146 valence electrons. The SMILES string of the molecule is Cc1cccc(Cl)c1Oc1ccc(/C=C(/NC(=O)c2ccccc2)C(=O)O)cc1. The fourth-order valence-electron chi connectivity index (χ4n) is 2.60. The van der Waals surface area contributed by atoms with E-state index in [9.17, 15) is 14.7 Å². The maximum absolute atomic E-state index is 12.2. The highest BCUT2D eigenvalue weighted by atomic mass is 35.5. The monoisotopic (exact) mass is 407 g/mol. The van der Waals surface area contributed by atoms with Crippen LogP contribution in [-0.4, -0.2) is 17.0 Å². The zero-order valence-electron chi connectivity index (χ0n) is 15.6. The number of rotatable bonds is 6. The van der Waals surface area contributed by atoms with Crippen LogP contribution < -0.4 is 10.1 Å². The molecule has 0 saturated carbocycles. The Morgan fingerprint density at radius 2 is 1.66 bits per heavy atom. The zero-order valence-corrected chi connectivity index (χ0v) is 16.3. The first-order chi connectivity index (χ1) is 13.9. The number of carboxylic acid groups (broad SMARTS) is 1. The normalized spacial score (nSPS) is 11.0. The van der Waals surface area contributed by atoms with Crippen molar-refractivity contribution in [2.45, 2.75) is 6.92 Å². The molecule has 0 fully saturated rings. The maximum Gasteiger partial charge on any atom is 0.352 e. The van der Waals surface area contributed by atoms with Gasteiger partial charge in [-0.05, 0) is 54.5 Å². The van der Waals surface area contributed by atoms with Gasteiger partial charge in [0.2, 0.25) is 0 Å². The van der Waals surface area contributed by atoms with E-state index >= 15 is 0 Å². The predicted octanol–water partition coefficient (Wildman–Crippen LogP) is 5.30. The number of aliphatic carboxylic acids is 1. The average Bonchev–Trinajstić information content (AvgIpc) is 2.72. The van der Waals surface area contributed by atoms with Crippen molar-refractivity contribution < 1.29 is 19.4 Å². The molecule has 0 radical (unpaired) electrons. The number of hydrogen-bond acceptors (Lipinski definition) is 3. The molecular weight excluding hydrogens is 390 g/mol. The van der Waals surface area contributed by atoms with E-state index in [4.69, 9.17) is 16.3 Å². The van der Waals surface area contributed by atoms with Gasteiger partial charge < -0.3 is 15.2 Å². The van der Waals surface area contributed by atoms with Crippen LogP contribution in [0.4, 0.5) is 0 Å². The van der Waals surface area contributed by atoms with Gasteiger partial charge in [0.1, 0.15) is 17.2 Å². The Morgan fingerprint density at radius 1 is 0.966 bits per heavy atom. The highest BCUT2D eigenvalue weighted by Crippen LogP contribution is 2.32. The molecule has 0 unspecified atom stereocenters. The molecule has 1 amide bonds. The van der Waals surface area contributed by atoms with Gasteiger partial charge in [-0.3, -0.25) is 4.79 Å². The fraction of sp³-hybridized carbons (Fsp3) is 0.0435. The molecule has 0 aliphatic heterocycles. The fourth-order valence-corrected chi connectivity index (χ4v) is 2.86. The van der Waals surface area contributed by atoms with E-state index in [0.717, 1.165) is 5.56 Å². The van der Waals surface area contributed by atoms with E-state index in [2.05, 4.69) is 5.32 Å². The first-order valence-electron chi connectivity index (χ1n) is 8.78. The van der Waals surface area contributed by atoms with E-state index < -0.39 is 11.9 Å². The number of halogens is 1. The van der Waals surface area contributed by atoms with Crippen LogP contribution in [0.25, 0.3) is 6.08 Å². The molecule has 29 heavy (non-hydrogen) atoms. The molecule has 0 spiro atoms. The largest absolute Gasteiger partial charge is 0.477 e. The molecule has 0 aromatic heterocycles. The molecule has 6 heteroatoms. The first kappa shape index (κ1) is 20.2. The van der Waals surface area contributed by atoms with Crippen LogP contribution in [-0.2, 0) is 4.79 Å². The number of hydrogen-bond donors (Lipinski definition) is 2. The average molecular weight is 408 g/mol. The Morgan fingerprint density at radius 3 is 2.28 bits per heavy atom. The number of para-hydroxylation sites is 1. The molecule has 2 N–H and O–H groups in total. The molecule has 0 saturated heterocycles. The summed E-state index contributed by atoms with van der Waals surface area (Å²) in [5, 5.41) is 12.3. The molecule has 0 atom stereocenters. The molecule has 3 aromatic carbocycles. The van der Waals surface area contributed by atoms with Crippen LogP contribution in [0, 0.1) is 6.92 Å². The zero-order chi connectivity index (χ0) is 20.8. The molecule has 0 aliphatic carbocycles. The summed E-state index contributed by atoms with van der Waals surface area (Å²) < 4.78 is 5.83. The first-order valence-corrected chi connectivity index (χ1v) is 9.16. The molecule has 3 aromatic rings. The summed E-state index contributed by atoms with van der Waals surface area (Å²) in [7, 11) is 0. The summed E-state index contributed by atoms with van der Waals surface area (Å²) >= 11 is 6.17. The maximum atomic E-state index is 12.2. The number of ether oxygens (including phenoxy) is 1. The lowest BCUT2D eigenvalue weighted by Gasteiger charge is -2.11. The summed E-state index contributed by atoms with van der Waals surface area (Å²) in [5.74, 6) is -0.600. The van der Waals surface area contributed by atoms with E-state index in [-0.39, 0.29) is 5.70 Å². The number of carbonyl (C=O) groups excluding carboxylic acids is 1. The third-order valence-electron chi connectivity index (χ3n) is 4.09. The van der Waals surface area contributed by atoms with Gasteiger partial charge in [0.05, 0.1) is 5.02 Å². The third-order valence-corrected chi connectivity index (χ3v) is 4.39. The van der Waals surface area contributed by atoms with Crippen LogP contribution in [0.2, 0.25) is 5.02 Å². The van der Waals surface area contributed by atoms with Gasteiger partial charge in [-0.25, -0.2) is 4.79 Å². The topological polar surface area (TPSA) is 75.6 Å². The van der Waals surface area contributed by atoms with Crippen molar-refractivity contribution in [1.82, 2.24) is 5.32 Å². The Kier molecular flexibility index (Phi) is 6.32. The summed E-state index contributed by atoms with van der Waals surface area (Å²) in [5.41, 5.74) is 1.64. The lowest BCUT2D eigenvalue weighted by molar-refractivity contribution is -0.132. The van der Waals surface area contributed by atoms with E-state index in [0.29, 0.717) is 27.6 Å². The van der Waals surface area contributed by atoms with E-state index in [1.807, 2.05) is 19.1 Å². The van der Waals surface area contributed by atoms with Gasteiger partial charge >= 0.3 is 5.97 Å². The van der Waals surface area contributed by atoms with E-state index in [1.165, 1.54) is 6.08 Å². The highest BCUT2D eigenvalue weighted by molar-refractivity contribution is 6.32. The minimum absolute atomic E-state index is 0.227. The number of carboxylic acids is 1. The lowest BCUT2D eigenvalue weighted by Crippen LogP contribution is -2.27. The number of benzene rings is 3. The summed E-state index contributed by atoms with van der Waals surface area (Å²) in [6, 6.07) is 20.7. The quantitative estimate of drug-likeness (QED) is 0.544. The molecule has 0 bridgehead atoms. The Balaban J connectivity index is 1.77. The second-order valence-electron chi connectivity index (χ2n) is 6.24. The van der Waals surface area contributed by atoms with Crippen molar-refractivity contribution in [3.63, 3.8) is 0 Å². The van der Waals surface area contributed by atoms with Crippen molar-refractivity contribution in [2.24, 2.45) is 0 Å². The summed E-state index contributed by atoms with van der Waals surface area (Å²) in [6.45, 7) is 1.90. The van der Waals surface area contributed by atoms with Crippen LogP contribution in [0.1, 0.15) is 21.5 Å². The second kappa shape index (κ2) is 9.08. The molecule has 3 rings (SSSR count). The second-order valence-corrected chi connectivity index (χ2v) is 6.65. The van der Waals surface area contributed by atoms with Gasteiger partial charge in [-0.15, -0.1) is 0 Å². The van der Waals surface area contributed by atoms with Crippen molar-refractivity contribution in [1.29, 1.82) is 0 Å². The summed E-state index contributed by atoms with van der Waals surface area (Å²) in [6.07, 6.45) is 1.38. The van der Waals surface area contributed by atoms with Crippen LogP contribution >= 0.6 is 11.6 Å². The van der Waals surface area contributed by atoms with Crippen molar-refractivity contribution in [3.8, 4) is 11.5 Å². The predicted molar refractivity (Wildman–Crippen MR) is 112 cm³/mol. The Hall–Kier alpha value is -3.57. The molecular formula is C23H18ClNO4. The number of nitrogens with one attached hydrogen (secondary N) is 1. The Labute approximate surface area is 173 Å². The number of amides is 1. The lowest BCUT2D eigenvalue weighted by atomic mass is 10.1. The van der Waals surface area contributed by atoms with Crippen LogP contribution in [0.5, 0.6) is 11.5 Å². The van der Waals surface area contributed by atoms with Gasteiger partial charge in [0, 0.05) is 5.56 Å².